The zero-order chi connectivity index (χ0) is 33.4. The summed E-state index contributed by atoms with van der Waals surface area (Å²) in [5, 5.41) is 74.3. The summed E-state index contributed by atoms with van der Waals surface area (Å²) in [6.07, 6.45) is 1.71. The molecule has 44 heavy (non-hydrogen) atoms. The molecule has 4 aromatic rings. The molecule has 0 aromatic heterocycles. The average Bonchev–Trinajstić information content (AvgIpc) is 2.92. The Morgan fingerprint density at radius 1 is 0.659 bits per heavy atom. The van der Waals surface area contributed by atoms with Crippen LogP contribution < -0.4 is 0 Å². The van der Waals surface area contributed by atoms with Gasteiger partial charge in [-0.2, -0.15) is 0 Å². The van der Waals surface area contributed by atoms with Crippen LogP contribution in [0.2, 0.25) is 0 Å². The molecule has 0 fully saturated rings. The monoisotopic (exact) mass is 606 g/mol. The van der Waals surface area contributed by atoms with Crippen LogP contribution >= 0.6 is 0 Å². The van der Waals surface area contributed by atoms with Gasteiger partial charge in [-0.05, 0) is 54.0 Å². The topological polar surface area (TPSA) is 193 Å². The molecule has 0 radical (unpaired) electrons. The predicted octanol–water partition coefficient (Wildman–Crippen LogP) is 7.25. The van der Waals surface area contributed by atoms with Gasteiger partial charge in [0.2, 0.25) is 0 Å². The van der Waals surface area contributed by atoms with Crippen LogP contribution in [0, 0.1) is 13.8 Å². The summed E-state index contributed by atoms with van der Waals surface area (Å²) in [4.78, 5) is 33.6. The largest absolute Gasteiger partial charge is 0.507 e. The molecule has 4 rings (SSSR count). The van der Waals surface area contributed by atoms with Crippen molar-refractivity contribution >= 4 is 40.1 Å². The van der Waals surface area contributed by atoms with Crippen molar-refractivity contribution in [2.45, 2.75) is 73.1 Å². The number of carbonyl (C=O) groups excluding carboxylic acids is 2. The van der Waals surface area contributed by atoms with Crippen molar-refractivity contribution in [3.63, 3.8) is 0 Å². The van der Waals surface area contributed by atoms with E-state index in [0.29, 0.717) is 52.0 Å². The molecular weight excluding hydrogens is 568 g/mol. The highest BCUT2D eigenvalue weighted by Gasteiger charge is 2.29. The maximum Gasteiger partial charge on any atom is 0.303 e. The first-order chi connectivity index (χ1) is 20.6. The standard InChI is InChI=1S/C30H30O8.C4H8O2/c1-11(2)19-15-7-13(5)21(27(35)23(15)17(9-31)25(33)29(19)37)22-14(6)8-16-20(12(3)4)30(38)26(34)18(10-32)24(16)28(22)36;1-2-3-4(5)6/h7-12,33-38H,1-6H3;2-3H2,1H3,(H,5,6). The number of aliphatic carboxylic acids is 1. The summed E-state index contributed by atoms with van der Waals surface area (Å²) >= 11 is 0. The molecule has 0 amide bonds. The molecule has 10 heteroatoms. The zero-order valence-corrected chi connectivity index (χ0v) is 25.7. The number of phenols is 6. The number of phenolic OH excluding ortho intramolecular Hbond substituents is 6. The summed E-state index contributed by atoms with van der Waals surface area (Å²) in [5.41, 5.74) is 1.33. The van der Waals surface area contributed by atoms with E-state index in [-0.39, 0.29) is 44.9 Å². The number of carboxylic acids is 1. The number of fused-ring (bicyclic) bond motifs is 2. The Morgan fingerprint density at radius 2 is 1.00 bits per heavy atom. The van der Waals surface area contributed by atoms with Crippen molar-refractivity contribution in [3.8, 4) is 45.6 Å². The Bertz CT molecular complexity index is 1690. The van der Waals surface area contributed by atoms with Gasteiger partial charge in [0.05, 0.1) is 11.1 Å². The molecule has 0 spiro atoms. The van der Waals surface area contributed by atoms with Crippen molar-refractivity contribution in [2.75, 3.05) is 0 Å². The number of carboxylic acid groups (broad SMARTS) is 1. The van der Waals surface area contributed by atoms with Gasteiger partial charge in [-0.15, -0.1) is 0 Å². The van der Waals surface area contributed by atoms with Crippen LogP contribution in [0.3, 0.4) is 0 Å². The molecule has 10 nitrogen and oxygen atoms in total. The highest BCUT2D eigenvalue weighted by atomic mass is 16.4. The van der Waals surface area contributed by atoms with Gasteiger partial charge in [-0.25, -0.2) is 0 Å². The van der Waals surface area contributed by atoms with E-state index in [4.69, 9.17) is 5.11 Å². The van der Waals surface area contributed by atoms with E-state index >= 15 is 0 Å². The third kappa shape index (κ3) is 5.43. The average molecular weight is 607 g/mol. The second-order valence-electron chi connectivity index (χ2n) is 11.4. The second-order valence-corrected chi connectivity index (χ2v) is 11.4. The van der Waals surface area contributed by atoms with Crippen LogP contribution in [0.5, 0.6) is 34.5 Å². The fourth-order valence-corrected chi connectivity index (χ4v) is 5.82. The number of hydrogen-bond donors (Lipinski definition) is 7. The first-order valence-electron chi connectivity index (χ1n) is 14.2. The third-order valence-corrected chi connectivity index (χ3v) is 7.69. The van der Waals surface area contributed by atoms with E-state index in [1.165, 1.54) is 0 Å². The first kappa shape index (κ1) is 33.5. The Labute approximate surface area is 254 Å². The highest BCUT2D eigenvalue weighted by molar-refractivity contribution is 6.14. The van der Waals surface area contributed by atoms with Crippen molar-refractivity contribution in [2.24, 2.45) is 0 Å². The smallest absolute Gasteiger partial charge is 0.303 e. The predicted molar refractivity (Wildman–Crippen MR) is 168 cm³/mol. The van der Waals surface area contributed by atoms with Crippen LogP contribution in [-0.2, 0) is 4.79 Å². The Morgan fingerprint density at radius 3 is 1.23 bits per heavy atom. The minimum absolute atomic E-state index is 0.00512. The fraction of sp³-hybridized carbons (Fsp3) is 0.324. The van der Waals surface area contributed by atoms with Crippen LogP contribution in [0.4, 0.5) is 0 Å². The summed E-state index contributed by atoms with van der Waals surface area (Å²) in [7, 11) is 0. The molecule has 0 aliphatic rings. The van der Waals surface area contributed by atoms with Gasteiger partial charge >= 0.3 is 5.97 Å². The van der Waals surface area contributed by atoms with Crippen molar-refractivity contribution < 1.29 is 50.1 Å². The lowest BCUT2D eigenvalue weighted by molar-refractivity contribution is -0.137. The summed E-state index contributed by atoms with van der Waals surface area (Å²) < 4.78 is 0. The maximum absolute atomic E-state index is 12.0. The number of aromatic hydroxyl groups is 6. The summed E-state index contributed by atoms with van der Waals surface area (Å²) in [5.74, 6) is -4.28. The minimum Gasteiger partial charge on any atom is -0.507 e. The molecule has 234 valence electrons. The van der Waals surface area contributed by atoms with Gasteiger partial charge in [0.25, 0.3) is 0 Å². The Hall–Kier alpha value is -4.99. The van der Waals surface area contributed by atoms with E-state index < -0.39 is 40.5 Å². The molecule has 0 aliphatic carbocycles. The molecule has 0 saturated carbocycles. The molecule has 0 saturated heterocycles. The maximum atomic E-state index is 12.0. The number of hydrogen-bond acceptors (Lipinski definition) is 9. The van der Waals surface area contributed by atoms with Crippen LogP contribution in [0.25, 0.3) is 32.7 Å². The first-order valence-corrected chi connectivity index (χ1v) is 14.2. The molecule has 0 heterocycles. The quantitative estimate of drug-likeness (QED) is 0.0832. The Balaban J connectivity index is 0.000000801. The van der Waals surface area contributed by atoms with Gasteiger partial charge in [-0.3, -0.25) is 14.4 Å². The number of rotatable bonds is 7. The molecular formula is C34H38O10. The molecule has 0 unspecified atom stereocenters. The number of aryl methyl sites for hydroxylation is 2. The Kier molecular flexibility index (Phi) is 9.68. The lowest BCUT2D eigenvalue weighted by atomic mass is 9.83. The van der Waals surface area contributed by atoms with Gasteiger partial charge < -0.3 is 35.7 Å². The van der Waals surface area contributed by atoms with E-state index in [9.17, 15) is 45.0 Å². The lowest BCUT2D eigenvalue weighted by Gasteiger charge is -2.23. The fourth-order valence-electron chi connectivity index (χ4n) is 5.82. The summed E-state index contributed by atoms with van der Waals surface area (Å²) in [6, 6.07) is 3.31. The molecule has 4 aromatic carbocycles. The third-order valence-electron chi connectivity index (χ3n) is 7.69. The van der Waals surface area contributed by atoms with Gasteiger partial charge in [0, 0.05) is 39.4 Å². The van der Waals surface area contributed by atoms with Crippen LogP contribution in [0.15, 0.2) is 12.1 Å². The van der Waals surface area contributed by atoms with E-state index in [0.717, 1.165) is 6.42 Å². The van der Waals surface area contributed by atoms with Crippen molar-refractivity contribution in [1.29, 1.82) is 0 Å². The van der Waals surface area contributed by atoms with Crippen molar-refractivity contribution in [1.82, 2.24) is 0 Å². The SMILES string of the molecule is CCCC(=O)O.Cc1cc2c(C(C)C)c(O)c(O)c(C=O)c2c(O)c1-c1c(C)cc2c(C(C)C)c(O)c(O)c(C=O)c2c1O. The number of benzene rings is 4. The van der Waals surface area contributed by atoms with Crippen molar-refractivity contribution in [3.05, 3.63) is 45.5 Å². The minimum atomic E-state index is -0.711. The lowest BCUT2D eigenvalue weighted by Crippen LogP contribution is -2.01. The number of aldehydes is 2. The molecule has 0 aliphatic heterocycles. The highest BCUT2D eigenvalue weighted by Crippen LogP contribution is 2.54. The normalized spacial score (nSPS) is 11.2. The summed E-state index contributed by atoms with van der Waals surface area (Å²) in [6.45, 7) is 12.4. The van der Waals surface area contributed by atoms with E-state index in [1.807, 2.05) is 6.92 Å². The van der Waals surface area contributed by atoms with E-state index in [2.05, 4.69) is 0 Å². The molecule has 0 atom stereocenters. The van der Waals surface area contributed by atoms with Crippen LogP contribution in [-0.4, -0.2) is 54.3 Å². The van der Waals surface area contributed by atoms with Gasteiger partial charge in [0.1, 0.15) is 11.5 Å². The van der Waals surface area contributed by atoms with Gasteiger partial charge in [-0.1, -0.05) is 46.8 Å². The van der Waals surface area contributed by atoms with E-state index in [1.54, 1.807) is 53.7 Å². The zero-order valence-electron chi connectivity index (χ0n) is 25.7. The van der Waals surface area contributed by atoms with Crippen LogP contribution in [0.1, 0.15) is 102 Å². The number of carbonyl (C=O) groups is 3. The van der Waals surface area contributed by atoms with Gasteiger partial charge in [0.15, 0.2) is 35.6 Å². The molecule has 0 bridgehead atoms. The second kappa shape index (κ2) is 12.7. The molecule has 7 N–H and O–H groups in total.